The van der Waals surface area contributed by atoms with Crippen molar-refractivity contribution in [2.45, 2.75) is 24.7 Å². The van der Waals surface area contributed by atoms with E-state index in [-0.39, 0.29) is 11.8 Å². The standard InChI is InChI=1S/C21H24N2O2S/c1-3-5-14-22-20(24)16-10-6-8-12-18(16)23-21(25)17-11-7-9-13-19(17)26-15-4-2/h4,6-13H,2-3,5,14-15H2,1H3,(H,22,24)(H,23,25). The maximum Gasteiger partial charge on any atom is 0.256 e. The topological polar surface area (TPSA) is 58.2 Å². The molecule has 2 N–H and O–H groups in total. The SMILES string of the molecule is C=CCSc1ccccc1C(=O)Nc1ccccc1C(=O)NCCCC. The van der Waals surface area contributed by atoms with Crippen molar-refractivity contribution in [1.82, 2.24) is 5.32 Å². The molecular weight excluding hydrogens is 344 g/mol. The molecule has 0 aliphatic rings. The summed E-state index contributed by atoms with van der Waals surface area (Å²) < 4.78 is 0. The summed E-state index contributed by atoms with van der Waals surface area (Å²) in [7, 11) is 0. The maximum atomic E-state index is 12.8. The molecule has 5 heteroatoms. The first-order valence-corrected chi connectivity index (χ1v) is 9.67. The number of unbranched alkanes of at least 4 members (excludes halogenated alkanes) is 1. The molecule has 0 unspecified atom stereocenters. The molecule has 0 atom stereocenters. The van der Waals surface area contributed by atoms with Gasteiger partial charge in [-0.2, -0.15) is 0 Å². The number of para-hydroxylation sites is 1. The monoisotopic (exact) mass is 368 g/mol. The predicted molar refractivity (Wildman–Crippen MR) is 109 cm³/mol. The van der Waals surface area contributed by atoms with E-state index < -0.39 is 0 Å². The molecule has 2 aromatic rings. The fourth-order valence-corrected chi connectivity index (χ4v) is 3.17. The molecule has 0 aromatic heterocycles. The van der Waals surface area contributed by atoms with Gasteiger partial charge in [0.2, 0.25) is 0 Å². The third kappa shape index (κ3) is 5.49. The zero-order chi connectivity index (χ0) is 18.8. The molecule has 2 rings (SSSR count). The summed E-state index contributed by atoms with van der Waals surface area (Å²) in [6.07, 6.45) is 3.74. The average molecular weight is 369 g/mol. The van der Waals surface area contributed by atoms with Gasteiger partial charge in [0, 0.05) is 17.2 Å². The van der Waals surface area contributed by atoms with E-state index in [0.29, 0.717) is 23.4 Å². The molecule has 26 heavy (non-hydrogen) atoms. The minimum atomic E-state index is -0.231. The van der Waals surface area contributed by atoms with Crippen LogP contribution in [0.3, 0.4) is 0 Å². The van der Waals surface area contributed by atoms with Crippen LogP contribution in [0.15, 0.2) is 66.1 Å². The Morgan fingerprint density at radius 1 is 1.04 bits per heavy atom. The summed E-state index contributed by atoms with van der Waals surface area (Å²) in [6.45, 7) is 6.41. The van der Waals surface area contributed by atoms with E-state index in [1.165, 1.54) is 0 Å². The Morgan fingerprint density at radius 2 is 1.73 bits per heavy atom. The smallest absolute Gasteiger partial charge is 0.256 e. The Labute approximate surface area is 159 Å². The van der Waals surface area contributed by atoms with E-state index in [0.717, 1.165) is 23.5 Å². The Morgan fingerprint density at radius 3 is 2.46 bits per heavy atom. The third-order valence-electron chi connectivity index (χ3n) is 3.72. The number of carbonyl (C=O) groups is 2. The van der Waals surface area contributed by atoms with Crippen molar-refractivity contribution >= 4 is 29.3 Å². The normalized spacial score (nSPS) is 10.2. The molecular formula is C21H24N2O2S. The Bertz CT molecular complexity index is 774. The number of benzene rings is 2. The number of rotatable bonds is 9. The summed E-state index contributed by atoms with van der Waals surface area (Å²) in [5, 5.41) is 5.76. The van der Waals surface area contributed by atoms with Gasteiger partial charge in [-0.05, 0) is 30.7 Å². The fraction of sp³-hybridized carbons (Fsp3) is 0.238. The summed E-state index contributed by atoms with van der Waals surface area (Å²) >= 11 is 1.55. The summed E-state index contributed by atoms with van der Waals surface area (Å²) in [5.41, 5.74) is 1.56. The van der Waals surface area contributed by atoms with Gasteiger partial charge in [-0.1, -0.05) is 43.7 Å². The number of amides is 2. The number of nitrogens with one attached hydrogen (secondary N) is 2. The minimum absolute atomic E-state index is 0.177. The van der Waals surface area contributed by atoms with Gasteiger partial charge >= 0.3 is 0 Å². The number of anilines is 1. The minimum Gasteiger partial charge on any atom is -0.352 e. The fourth-order valence-electron chi connectivity index (χ4n) is 2.38. The van der Waals surface area contributed by atoms with Crippen molar-refractivity contribution in [3.8, 4) is 0 Å². The van der Waals surface area contributed by atoms with E-state index in [1.807, 2.05) is 18.2 Å². The van der Waals surface area contributed by atoms with Crippen molar-refractivity contribution in [2.24, 2.45) is 0 Å². The second kappa shape index (κ2) is 10.5. The van der Waals surface area contributed by atoms with Gasteiger partial charge in [0.25, 0.3) is 11.8 Å². The van der Waals surface area contributed by atoms with E-state index in [1.54, 1.807) is 48.2 Å². The lowest BCUT2D eigenvalue weighted by Gasteiger charge is -2.13. The van der Waals surface area contributed by atoms with Gasteiger partial charge in [-0.3, -0.25) is 9.59 Å². The molecule has 0 heterocycles. The zero-order valence-electron chi connectivity index (χ0n) is 15.0. The molecule has 0 saturated carbocycles. The Balaban J connectivity index is 2.17. The van der Waals surface area contributed by atoms with Crippen molar-refractivity contribution in [3.63, 3.8) is 0 Å². The van der Waals surface area contributed by atoms with Gasteiger partial charge in [-0.25, -0.2) is 0 Å². The van der Waals surface area contributed by atoms with Crippen LogP contribution in [0.1, 0.15) is 40.5 Å². The summed E-state index contributed by atoms with van der Waals surface area (Å²) in [4.78, 5) is 26.0. The van der Waals surface area contributed by atoms with Crippen LogP contribution in [0.5, 0.6) is 0 Å². The second-order valence-corrected chi connectivity index (χ2v) is 6.77. The molecule has 0 aliphatic heterocycles. The lowest BCUT2D eigenvalue weighted by molar-refractivity contribution is 0.0954. The molecule has 0 bridgehead atoms. The summed E-state index contributed by atoms with van der Waals surface area (Å²) in [5.74, 6) is 0.315. The molecule has 0 fully saturated rings. The highest BCUT2D eigenvalue weighted by atomic mass is 32.2. The number of thioether (sulfide) groups is 1. The molecule has 136 valence electrons. The molecule has 0 radical (unpaired) electrons. The maximum absolute atomic E-state index is 12.8. The van der Waals surface area contributed by atoms with E-state index in [9.17, 15) is 9.59 Å². The molecule has 4 nitrogen and oxygen atoms in total. The van der Waals surface area contributed by atoms with Crippen LogP contribution < -0.4 is 10.6 Å². The van der Waals surface area contributed by atoms with Crippen LogP contribution in [-0.4, -0.2) is 24.1 Å². The Kier molecular flexibility index (Phi) is 7.96. The number of hydrogen-bond donors (Lipinski definition) is 2. The van der Waals surface area contributed by atoms with Gasteiger partial charge in [-0.15, -0.1) is 18.3 Å². The van der Waals surface area contributed by atoms with E-state index in [4.69, 9.17) is 0 Å². The quantitative estimate of drug-likeness (QED) is 0.382. The predicted octanol–water partition coefficient (Wildman–Crippen LogP) is 4.75. The van der Waals surface area contributed by atoms with Gasteiger partial charge < -0.3 is 10.6 Å². The highest BCUT2D eigenvalue weighted by Gasteiger charge is 2.15. The third-order valence-corrected chi connectivity index (χ3v) is 4.79. The molecule has 0 aliphatic carbocycles. The second-order valence-electron chi connectivity index (χ2n) is 5.71. The first-order valence-electron chi connectivity index (χ1n) is 8.68. The van der Waals surface area contributed by atoms with E-state index in [2.05, 4.69) is 24.1 Å². The van der Waals surface area contributed by atoms with Crippen LogP contribution in [-0.2, 0) is 0 Å². The Hall–Kier alpha value is -2.53. The van der Waals surface area contributed by atoms with Crippen LogP contribution in [0.25, 0.3) is 0 Å². The van der Waals surface area contributed by atoms with Crippen molar-refractivity contribution in [2.75, 3.05) is 17.6 Å². The number of carbonyl (C=O) groups excluding carboxylic acids is 2. The van der Waals surface area contributed by atoms with E-state index >= 15 is 0 Å². The zero-order valence-corrected chi connectivity index (χ0v) is 15.8. The molecule has 0 saturated heterocycles. The van der Waals surface area contributed by atoms with Crippen LogP contribution >= 0.6 is 11.8 Å². The lowest BCUT2D eigenvalue weighted by Crippen LogP contribution is -2.26. The first kappa shape index (κ1) is 19.8. The van der Waals surface area contributed by atoms with Crippen LogP contribution in [0, 0.1) is 0 Å². The highest BCUT2D eigenvalue weighted by molar-refractivity contribution is 7.99. The van der Waals surface area contributed by atoms with Crippen LogP contribution in [0.4, 0.5) is 5.69 Å². The lowest BCUT2D eigenvalue weighted by atomic mass is 10.1. The molecule has 0 spiro atoms. The van der Waals surface area contributed by atoms with Crippen molar-refractivity contribution < 1.29 is 9.59 Å². The molecule has 2 amide bonds. The van der Waals surface area contributed by atoms with Gasteiger partial charge in [0.05, 0.1) is 16.8 Å². The van der Waals surface area contributed by atoms with Crippen molar-refractivity contribution in [1.29, 1.82) is 0 Å². The summed E-state index contributed by atoms with van der Waals surface area (Å²) in [6, 6.07) is 14.5. The van der Waals surface area contributed by atoms with Gasteiger partial charge in [0.1, 0.15) is 0 Å². The molecule has 2 aromatic carbocycles. The largest absolute Gasteiger partial charge is 0.352 e. The number of hydrogen-bond acceptors (Lipinski definition) is 3. The van der Waals surface area contributed by atoms with Crippen LogP contribution in [0.2, 0.25) is 0 Å². The highest BCUT2D eigenvalue weighted by Crippen LogP contribution is 2.24. The van der Waals surface area contributed by atoms with Crippen molar-refractivity contribution in [3.05, 3.63) is 72.3 Å². The average Bonchev–Trinajstić information content (AvgIpc) is 2.67. The first-order chi connectivity index (χ1) is 12.7. The van der Waals surface area contributed by atoms with Gasteiger partial charge in [0.15, 0.2) is 0 Å².